The van der Waals surface area contributed by atoms with Crippen LogP contribution >= 0.6 is 35.0 Å². The average Bonchev–Trinajstić information content (AvgIpc) is 3.15. The molecule has 3 aromatic rings. The van der Waals surface area contributed by atoms with Crippen LogP contribution in [0.1, 0.15) is 0 Å². The molecule has 0 saturated carbocycles. The van der Waals surface area contributed by atoms with Crippen LogP contribution in [0.15, 0.2) is 35.7 Å². The van der Waals surface area contributed by atoms with Crippen LogP contribution < -0.4 is 0 Å². The second-order valence-corrected chi connectivity index (χ2v) is 6.49. The van der Waals surface area contributed by atoms with Crippen LogP contribution in [0.25, 0.3) is 11.4 Å². The van der Waals surface area contributed by atoms with Gasteiger partial charge in [-0.15, -0.1) is 10.2 Å². The maximum Gasteiger partial charge on any atom is 0.307 e. The molecule has 8 nitrogen and oxygen atoms in total. The second kappa shape index (κ2) is 6.80. The molecule has 1 aromatic carbocycles. The van der Waals surface area contributed by atoms with Gasteiger partial charge in [-0.3, -0.25) is 14.8 Å². The molecule has 11 heteroatoms. The minimum absolute atomic E-state index is 0.0509. The van der Waals surface area contributed by atoms with Crippen molar-refractivity contribution in [3.63, 3.8) is 0 Å². The van der Waals surface area contributed by atoms with E-state index in [1.54, 1.807) is 12.1 Å². The van der Waals surface area contributed by atoms with Gasteiger partial charge in [-0.2, -0.15) is 5.10 Å². The fraction of sp³-hybridized carbons (Fsp3) is 0.154. The van der Waals surface area contributed by atoms with Gasteiger partial charge in [0.25, 0.3) is 0 Å². The highest BCUT2D eigenvalue weighted by Crippen LogP contribution is 2.29. The quantitative estimate of drug-likeness (QED) is 0.378. The van der Waals surface area contributed by atoms with E-state index >= 15 is 0 Å². The van der Waals surface area contributed by atoms with Crippen molar-refractivity contribution in [2.75, 3.05) is 0 Å². The zero-order valence-electron chi connectivity index (χ0n) is 12.3. The Morgan fingerprint density at radius 1 is 1.29 bits per heavy atom. The van der Waals surface area contributed by atoms with E-state index in [1.165, 1.54) is 28.8 Å². The summed E-state index contributed by atoms with van der Waals surface area (Å²) in [6.07, 6.45) is 2.57. The van der Waals surface area contributed by atoms with Gasteiger partial charge in [0.15, 0.2) is 11.0 Å². The molecule has 0 spiro atoms. The van der Waals surface area contributed by atoms with E-state index in [0.29, 0.717) is 26.9 Å². The zero-order valence-corrected chi connectivity index (χ0v) is 14.6. The number of thioether (sulfide) groups is 1. The predicted molar refractivity (Wildman–Crippen MR) is 91.2 cm³/mol. The van der Waals surface area contributed by atoms with Gasteiger partial charge in [0.1, 0.15) is 12.4 Å². The first-order valence-corrected chi connectivity index (χ1v) is 8.34. The third-order valence-corrected chi connectivity index (χ3v) is 4.92. The number of aromatic nitrogens is 5. The van der Waals surface area contributed by atoms with Crippen LogP contribution in [0.2, 0.25) is 10.0 Å². The molecule has 0 aliphatic carbocycles. The molecule has 0 saturated heterocycles. The maximum absolute atomic E-state index is 10.7. The maximum atomic E-state index is 10.7. The van der Waals surface area contributed by atoms with Crippen molar-refractivity contribution in [2.45, 2.75) is 11.0 Å². The summed E-state index contributed by atoms with van der Waals surface area (Å²) >= 11 is 13.3. The van der Waals surface area contributed by atoms with E-state index < -0.39 is 4.92 Å². The topological polar surface area (TPSA) is 91.7 Å². The van der Waals surface area contributed by atoms with E-state index in [1.807, 2.05) is 17.7 Å². The number of halogens is 2. The van der Waals surface area contributed by atoms with E-state index in [4.69, 9.17) is 23.2 Å². The lowest BCUT2D eigenvalue weighted by Gasteiger charge is -2.05. The van der Waals surface area contributed by atoms with Gasteiger partial charge >= 0.3 is 5.69 Å². The molecule has 0 amide bonds. The monoisotopic (exact) mass is 384 g/mol. The standard InChI is InChI=1S/C13H10Cl2N6O2S/c1-19-12(8-2-3-10(14)11(15)4-8)17-18-13(19)24-7-20-6-9(5-16-20)21(22)23/h2-6H,7H2,1H3. The first kappa shape index (κ1) is 16.7. The van der Waals surface area contributed by atoms with Gasteiger partial charge in [-0.1, -0.05) is 35.0 Å². The number of benzene rings is 1. The van der Waals surface area contributed by atoms with Gasteiger partial charge in [-0.05, 0) is 18.2 Å². The van der Waals surface area contributed by atoms with Gasteiger partial charge in [-0.25, -0.2) is 0 Å². The summed E-state index contributed by atoms with van der Waals surface area (Å²) in [5, 5.41) is 24.4. The van der Waals surface area contributed by atoms with Crippen LogP contribution in [0.5, 0.6) is 0 Å². The Balaban J connectivity index is 1.76. The van der Waals surface area contributed by atoms with E-state index in [2.05, 4.69) is 15.3 Å². The molecule has 124 valence electrons. The third-order valence-electron chi connectivity index (χ3n) is 3.17. The molecule has 2 heterocycles. The highest BCUT2D eigenvalue weighted by molar-refractivity contribution is 7.98. The molecule has 0 aliphatic rings. The van der Waals surface area contributed by atoms with Crippen molar-refractivity contribution in [1.29, 1.82) is 0 Å². The molecular formula is C13H10Cl2N6O2S. The van der Waals surface area contributed by atoms with Crippen molar-refractivity contribution >= 4 is 40.7 Å². The summed E-state index contributed by atoms with van der Waals surface area (Å²) in [6, 6.07) is 5.23. The Hall–Kier alpha value is -2.10. The van der Waals surface area contributed by atoms with Crippen LogP contribution in [-0.2, 0) is 12.9 Å². The molecule has 0 atom stereocenters. The van der Waals surface area contributed by atoms with Gasteiger partial charge < -0.3 is 4.57 Å². The normalized spacial score (nSPS) is 11.0. The number of hydrogen-bond acceptors (Lipinski definition) is 6. The van der Waals surface area contributed by atoms with Crippen molar-refractivity contribution in [1.82, 2.24) is 24.5 Å². The summed E-state index contributed by atoms with van der Waals surface area (Å²) in [7, 11) is 1.83. The van der Waals surface area contributed by atoms with Crippen LogP contribution in [-0.4, -0.2) is 29.5 Å². The predicted octanol–water partition coefficient (Wildman–Crippen LogP) is 3.64. The molecule has 0 N–H and O–H groups in total. The Morgan fingerprint density at radius 2 is 2.08 bits per heavy atom. The molecule has 0 radical (unpaired) electrons. The van der Waals surface area contributed by atoms with Crippen molar-refractivity contribution < 1.29 is 4.92 Å². The summed E-state index contributed by atoms with van der Waals surface area (Å²) in [5.74, 6) is 1.02. The lowest BCUT2D eigenvalue weighted by atomic mass is 10.2. The Kier molecular flexibility index (Phi) is 4.74. The Labute approximate surface area is 150 Å². The number of rotatable bonds is 5. The molecule has 2 aromatic heterocycles. The van der Waals surface area contributed by atoms with E-state index in [-0.39, 0.29) is 5.69 Å². The minimum atomic E-state index is -0.487. The zero-order chi connectivity index (χ0) is 17.3. The molecule has 0 bridgehead atoms. The summed E-state index contributed by atoms with van der Waals surface area (Å²) in [6.45, 7) is 0. The molecule has 0 aliphatic heterocycles. The van der Waals surface area contributed by atoms with E-state index in [9.17, 15) is 10.1 Å². The lowest BCUT2D eigenvalue weighted by molar-refractivity contribution is -0.385. The molecule has 24 heavy (non-hydrogen) atoms. The third kappa shape index (κ3) is 3.37. The Morgan fingerprint density at radius 3 is 2.75 bits per heavy atom. The summed E-state index contributed by atoms with van der Waals surface area (Å²) in [5.41, 5.74) is 0.742. The van der Waals surface area contributed by atoms with Crippen molar-refractivity contribution in [2.24, 2.45) is 7.05 Å². The number of nitro groups is 1. The average molecular weight is 385 g/mol. The fourth-order valence-corrected chi connectivity index (χ4v) is 3.03. The van der Waals surface area contributed by atoms with Crippen LogP contribution in [0, 0.1) is 10.1 Å². The van der Waals surface area contributed by atoms with Gasteiger partial charge in [0, 0.05) is 12.6 Å². The van der Waals surface area contributed by atoms with Crippen molar-refractivity contribution in [3.05, 3.63) is 50.8 Å². The largest absolute Gasteiger partial charge is 0.307 e. The first-order chi connectivity index (χ1) is 11.5. The van der Waals surface area contributed by atoms with Crippen molar-refractivity contribution in [3.8, 4) is 11.4 Å². The van der Waals surface area contributed by atoms with Crippen LogP contribution in [0.4, 0.5) is 5.69 Å². The minimum Gasteiger partial charge on any atom is -0.305 e. The Bertz CT molecular complexity index is 910. The SMILES string of the molecule is Cn1c(SCn2cc([N+](=O)[O-])cn2)nnc1-c1ccc(Cl)c(Cl)c1. The highest BCUT2D eigenvalue weighted by atomic mass is 35.5. The van der Waals surface area contributed by atoms with Gasteiger partial charge in [0.2, 0.25) is 0 Å². The summed E-state index contributed by atoms with van der Waals surface area (Å²) in [4.78, 5) is 10.2. The number of hydrogen-bond donors (Lipinski definition) is 0. The van der Waals surface area contributed by atoms with Crippen LogP contribution in [0.3, 0.4) is 0 Å². The lowest BCUT2D eigenvalue weighted by Crippen LogP contribution is -1.98. The summed E-state index contributed by atoms with van der Waals surface area (Å²) < 4.78 is 3.28. The number of nitrogens with zero attached hydrogens (tertiary/aromatic N) is 6. The van der Waals surface area contributed by atoms with Gasteiger partial charge in [0.05, 0.1) is 20.8 Å². The smallest absolute Gasteiger partial charge is 0.305 e. The first-order valence-electron chi connectivity index (χ1n) is 6.60. The second-order valence-electron chi connectivity index (χ2n) is 4.76. The van der Waals surface area contributed by atoms with E-state index in [0.717, 1.165) is 5.56 Å². The fourth-order valence-electron chi connectivity index (χ4n) is 1.97. The highest BCUT2D eigenvalue weighted by Gasteiger charge is 2.14. The molecule has 0 unspecified atom stereocenters. The molecule has 0 fully saturated rings. The molecule has 3 rings (SSSR count). The molecular weight excluding hydrogens is 375 g/mol.